The Kier molecular flexibility index (Phi) is 5.94. The lowest BCUT2D eigenvalue weighted by Crippen LogP contribution is -2.48. The highest BCUT2D eigenvalue weighted by molar-refractivity contribution is 6.08. The number of furan rings is 1. The quantitative estimate of drug-likeness (QED) is 0.452. The molecule has 4 rings (SSSR count). The van der Waals surface area contributed by atoms with Gasteiger partial charge in [0.05, 0.1) is 23.0 Å². The summed E-state index contributed by atoms with van der Waals surface area (Å²) in [7, 11) is 0. The van der Waals surface area contributed by atoms with Crippen molar-refractivity contribution in [2.24, 2.45) is 0 Å². The van der Waals surface area contributed by atoms with Crippen LogP contribution in [-0.4, -0.2) is 47.3 Å². The van der Waals surface area contributed by atoms with Crippen LogP contribution in [0.15, 0.2) is 52.0 Å². The molecule has 7 nitrogen and oxygen atoms in total. The fraction of sp³-hybridized carbons (Fsp3) is 0.292. The van der Waals surface area contributed by atoms with E-state index in [1.807, 2.05) is 11.8 Å². The molecule has 0 radical (unpaired) electrons. The number of amides is 1. The minimum absolute atomic E-state index is 0.00162. The Labute approximate surface area is 184 Å². The SMILES string of the molecule is CCn1cc(C(=O)C=Cc2ccco2)c(=O)c2cc(F)c(N3CCN(C(C)=O)CC3)cc21. The molecule has 32 heavy (non-hydrogen) atoms. The number of hydrogen-bond acceptors (Lipinski definition) is 5. The first-order valence-corrected chi connectivity index (χ1v) is 10.5. The van der Waals surface area contributed by atoms with Gasteiger partial charge in [0.2, 0.25) is 11.3 Å². The molecule has 0 unspecified atom stereocenters. The highest BCUT2D eigenvalue weighted by Gasteiger charge is 2.23. The Bertz CT molecular complexity index is 1250. The number of benzene rings is 1. The third-order valence-electron chi connectivity index (χ3n) is 5.76. The van der Waals surface area contributed by atoms with Gasteiger partial charge < -0.3 is 18.8 Å². The molecular formula is C24H24FN3O4. The summed E-state index contributed by atoms with van der Waals surface area (Å²) in [5.41, 5.74) is 0.420. The van der Waals surface area contributed by atoms with Crippen molar-refractivity contribution < 1.29 is 18.4 Å². The summed E-state index contributed by atoms with van der Waals surface area (Å²) in [6.07, 6.45) is 5.78. The second-order valence-corrected chi connectivity index (χ2v) is 7.68. The van der Waals surface area contributed by atoms with Gasteiger partial charge in [-0.15, -0.1) is 0 Å². The van der Waals surface area contributed by atoms with E-state index < -0.39 is 17.0 Å². The van der Waals surface area contributed by atoms with Crippen LogP contribution in [0.4, 0.5) is 10.1 Å². The van der Waals surface area contributed by atoms with E-state index in [1.54, 1.807) is 27.7 Å². The molecule has 0 N–H and O–H groups in total. The molecule has 0 saturated carbocycles. The maximum absolute atomic E-state index is 15.1. The van der Waals surface area contributed by atoms with Gasteiger partial charge in [-0.25, -0.2) is 4.39 Å². The molecule has 1 aromatic carbocycles. The number of halogens is 1. The van der Waals surface area contributed by atoms with E-state index >= 15 is 4.39 Å². The third-order valence-corrected chi connectivity index (χ3v) is 5.76. The normalized spacial score (nSPS) is 14.5. The van der Waals surface area contributed by atoms with Crippen LogP contribution < -0.4 is 10.3 Å². The summed E-state index contributed by atoms with van der Waals surface area (Å²) < 4.78 is 22.0. The number of hydrogen-bond donors (Lipinski definition) is 0. The molecule has 1 aliphatic heterocycles. The maximum Gasteiger partial charge on any atom is 0.219 e. The molecule has 3 heterocycles. The van der Waals surface area contributed by atoms with Crippen LogP contribution in [0.1, 0.15) is 30.0 Å². The van der Waals surface area contributed by atoms with Crippen molar-refractivity contribution in [2.75, 3.05) is 31.1 Å². The molecule has 0 spiro atoms. The van der Waals surface area contributed by atoms with E-state index in [1.165, 1.54) is 37.6 Å². The topological polar surface area (TPSA) is 75.8 Å². The van der Waals surface area contributed by atoms with Gasteiger partial charge in [0.1, 0.15) is 11.6 Å². The van der Waals surface area contributed by atoms with E-state index in [2.05, 4.69) is 0 Å². The average Bonchev–Trinajstić information content (AvgIpc) is 3.31. The van der Waals surface area contributed by atoms with Crippen molar-refractivity contribution in [3.8, 4) is 0 Å². The summed E-state index contributed by atoms with van der Waals surface area (Å²) in [5, 5.41) is 0.160. The molecule has 1 aliphatic rings. The summed E-state index contributed by atoms with van der Waals surface area (Å²) in [5.74, 6) is -0.498. The molecule has 1 fully saturated rings. The van der Waals surface area contributed by atoms with Gasteiger partial charge in [0, 0.05) is 51.2 Å². The standard InChI is InChI=1S/C24H24FN3O4/c1-3-26-15-19(23(30)7-6-17-5-4-12-32-17)24(31)18-13-20(25)22(14-21(18)26)28-10-8-27(9-11-28)16(2)29/h4-7,12-15H,3,8-11H2,1-2H3. The van der Waals surface area contributed by atoms with Gasteiger partial charge in [0.15, 0.2) is 5.78 Å². The molecule has 1 saturated heterocycles. The van der Waals surface area contributed by atoms with Crippen molar-refractivity contribution >= 4 is 34.4 Å². The van der Waals surface area contributed by atoms with Crippen LogP contribution in [-0.2, 0) is 11.3 Å². The number of nitrogens with zero attached hydrogens (tertiary/aromatic N) is 3. The van der Waals surface area contributed by atoms with E-state index in [-0.39, 0.29) is 16.9 Å². The van der Waals surface area contributed by atoms with Crippen molar-refractivity contribution in [2.45, 2.75) is 20.4 Å². The zero-order chi connectivity index (χ0) is 22.8. The van der Waals surface area contributed by atoms with Crippen LogP contribution in [0.3, 0.4) is 0 Å². The van der Waals surface area contributed by atoms with Crippen LogP contribution >= 0.6 is 0 Å². The average molecular weight is 437 g/mol. The van der Waals surface area contributed by atoms with E-state index in [0.29, 0.717) is 49.7 Å². The molecule has 8 heteroatoms. The Hall–Kier alpha value is -3.68. The molecule has 2 aromatic heterocycles. The minimum atomic E-state index is -0.524. The van der Waals surface area contributed by atoms with E-state index in [9.17, 15) is 14.4 Å². The first kappa shape index (κ1) is 21.5. The van der Waals surface area contributed by atoms with Gasteiger partial charge in [-0.2, -0.15) is 0 Å². The number of allylic oxidation sites excluding steroid dienone is 1. The first-order chi connectivity index (χ1) is 15.4. The van der Waals surface area contributed by atoms with E-state index in [4.69, 9.17) is 4.42 Å². The fourth-order valence-electron chi connectivity index (χ4n) is 3.97. The van der Waals surface area contributed by atoms with Crippen LogP contribution in [0, 0.1) is 5.82 Å². The van der Waals surface area contributed by atoms with E-state index in [0.717, 1.165) is 0 Å². The lowest BCUT2D eigenvalue weighted by atomic mass is 10.1. The number of pyridine rings is 1. The summed E-state index contributed by atoms with van der Waals surface area (Å²) in [6, 6.07) is 6.27. The number of anilines is 1. The molecule has 0 aliphatic carbocycles. The molecule has 0 bridgehead atoms. The third kappa shape index (κ3) is 4.08. The van der Waals surface area contributed by atoms with Gasteiger partial charge in [0.25, 0.3) is 0 Å². The number of piperazine rings is 1. The Morgan fingerprint density at radius 2 is 1.94 bits per heavy atom. The van der Waals surface area contributed by atoms with Gasteiger partial charge in [-0.1, -0.05) is 0 Å². The fourth-order valence-corrected chi connectivity index (χ4v) is 3.97. The van der Waals surface area contributed by atoms with Gasteiger partial charge in [-0.3, -0.25) is 14.4 Å². The highest BCUT2D eigenvalue weighted by Crippen LogP contribution is 2.26. The minimum Gasteiger partial charge on any atom is -0.465 e. The first-order valence-electron chi connectivity index (χ1n) is 10.5. The second kappa shape index (κ2) is 8.82. The summed E-state index contributed by atoms with van der Waals surface area (Å²) >= 11 is 0. The molecule has 166 valence electrons. The van der Waals surface area contributed by atoms with Gasteiger partial charge in [-0.05, 0) is 43.3 Å². The Morgan fingerprint density at radius 1 is 1.19 bits per heavy atom. The number of rotatable bonds is 5. The number of carbonyl (C=O) groups excluding carboxylic acids is 2. The zero-order valence-corrected chi connectivity index (χ0v) is 18.0. The van der Waals surface area contributed by atoms with Crippen molar-refractivity contribution in [3.63, 3.8) is 0 Å². The molecule has 1 amide bonds. The van der Waals surface area contributed by atoms with Gasteiger partial charge >= 0.3 is 0 Å². The smallest absolute Gasteiger partial charge is 0.219 e. The lowest BCUT2D eigenvalue weighted by molar-refractivity contribution is -0.129. The predicted molar refractivity (Wildman–Crippen MR) is 120 cm³/mol. The molecule has 0 atom stereocenters. The predicted octanol–water partition coefficient (Wildman–Crippen LogP) is 3.32. The summed E-state index contributed by atoms with van der Waals surface area (Å²) in [4.78, 5) is 40.9. The van der Waals surface area contributed by atoms with Crippen molar-refractivity contribution in [1.29, 1.82) is 0 Å². The zero-order valence-electron chi connectivity index (χ0n) is 18.0. The second-order valence-electron chi connectivity index (χ2n) is 7.68. The maximum atomic E-state index is 15.1. The number of fused-ring (bicyclic) bond motifs is 1. The summed E-state index contributed by atoms with van der Waals surface area (Å²) in [6.45, 7) is 5.97. The Morgan fingerprint density at radius 3 is 2.56 bits per heavy atom. The lowest BCUT2D eigenvalue weighted by Gasteiger charge is -2.36. The highest BCUT2D eigenvalue weighted by atomic mass is 19.1. The number of ketones is 1. The number of carbonyl (C=O) groups is 2. The Balaban J connectivity index is 1.71. The van der Waals surface area contributed by atoms with Crippen LogP contribution in [0.2, 0.25) is 0 Å². The molecule has 3 aromatic rings. The van der Waals surface area contributed by atoms with Crippen molar-refractivity contribution in [1.82, 2.24) is 9.47 Å². The number of aryl methyl sites for hydroxylation is 1. The van der Waals surface area contributed by atoms with Crippen LogP contribution in [0.25, 0.3) is 17.0 Å². The van der Waals surface area contributed by atoms with Crippen molar-refractivity contribution in [3.05, 3.63) is 70.2 Å². The number of aromatic nitrogens is 1. The van der Waals surface area contributed by atoms with Crippen LogP contribution in [0.5, 0.6) is 0 Å². The largest absolute Gasteiger partial charge is 0.465 e. The monoisotopic (exact) mass is 437 g/mol. The molecular weight excluding hydrogens is 413 g/mol.